The van der Waals surface area contributed by atoms with Gasteiger partial charge in [-0.1, -0.05) is 37.3 Å². The van der Waals surface area contributed by atoms with Crippen molar-refractivity contribution < 1.29 is 14.3 Å². The van der Waals surface area contributed by atoms with Gasteiger partial charge in [0.05, 0.1) is 12.0 Å². The van der Waals surface area contributed by atoms with Gasteiger partial charge in [-0.05, 0) is 18.4 Å². The van der Waals surface area contributed by atoms with E-state index in [0.29, 0.717) is 19.4 Å². The van der Waals surface area contributed by atoms with E-state index < -0.39 is 12.0 Å². The Labute approximate surface area is 130 Å². The summed E-state index contributed by atoms with van der Waals surface area (Å²) in [7, 11) is 0. The summed E-state index contributed by atoms with van der Waals surface area (Å²) in [4.78, 5) is 23.2. The normalized spacial score (nSPS) is 23.7. The SMILES string of the molecule is CC(C(=O)NCC1CCC(C(N)=O)O1)C(N)c1ccccc1. The minimum Gasteiger partial charge on any atom is -0.367 e. The Kier molecular flexibility index (Phi) is 5.51. The highest BCUT2D eigenvalue weighted by atomic mass is 16.5. The number of nitrogens with one attached hydrogen (secondary N) is 1. The van der Waals surface area contributed by atoms with Crippen LogP contribution in [0.15, 0.2) is 30.3 Å². The molecule has 0 radical (unpaired) electrons. The number of primary amides is 1. The summed E-state index contributed by atoms with van der Waals surface area (Å²) in [5, 5.41) is 2.84. The molecule has 5 N–H and O–H groups in total. The molecule has 0 aromatic heterocycles. The molecule has 2 amide bonds. The zero-order chi connectivity index (χ0) is 16.1. The van der Waals surface area contributed by atoms with Crippen LogP contribution >= 0.6 is 0 Å². The average molecular weight is 305 g/mol. The van der Waals surface area contributed by atoms with E-state index in [1.54, 1.807) is 6.92 Å². The van der Waals surface area contributed by atoms with Gasteiger partial charge >= 0.3 is 0 Å². The topological polar surface area (TPSA) is 107 Å². The molecular formula is C16H23N3O3. The first-order valence-corrected chi connectivity index (χ1v) is 7.52. The highest BCUT2D eigenvalue weighted by Crippen LogP contribution is 2.21. The molecule has 1 saturated heterocycles. The summed E-state index contributed by atoms with van der Waals surface area (Å²) in [5.74, 6) is -0.925. The van der Waals surface area contributed by atoms with Gasteiger partial charge < -0.3 is 21.5 Å². The first-order valence-electron chi connectivity index (χ1n) is 7.52. The van der Waals surface area contributed by atoms with Crippen molar-refractivity contribution in [3.63, 3.8) is 0 Å². The molecule has 6 nitrogen and oxygen atoms in total. The smallest absolute Gasteiger partial charge is 0.246 e. The predicted octanol–water partition coefficient (Wildman–Crippen LogP) is 0.472. The maximum Gasteiger partial charge on any atom is 0.246 e. The number of amides is 2. The molecule has 4 unspecified atom stereocenters. The van der Waals surface area contributed by atoms with Crippen molar-refractivity contribution >= 4 is 11.8 Å². The highest BCUT2D eigenvalue weighted by molar-refractivity contribution is 5.80. The molecular weight excluding hydrogens is 282 g/mol. The number of hydrogen-bond acceptors (Lipinski definition) is 4. The maximum absolute atomic E-state index is 12.2. The van der Waals surface area contributed by atoms with Gasteiger partial charge in [0.2, 0.25) is 11.8 Å². The molecule has 0 bridgehead atoms. The summed E-state index contributed by atoms with van der Waals surface area (Å²) < 4.78 is 5.48. The van der Waals surface area contributed by atoms with Gasteiger partial charge in [0.25, 0.3) is 0 Å². The quantitative estimate of drug-likeness (QED) is 0.710. The van der Waals surface area contributed by atoms with Crippen LogP contribution in [0.3, 0.4) is 0 Å². The number of nitrogens with two attached hydrogens (primary N) is 2. The Bertz CT molecular complexity index is 521. The van der Waals surface area contributed by atoms with Crippen molar-refractivity contribution in [3.05, 3.63) is 35.9 Å². The van der Waals surface area contributed by atoms with Gasteiger partial charge in [-0.15, -0.1) is 0 Å². The molecule has 22 heavy (non-hydrogen) atoms. The molecule has 0 spiro atoms. The van der Waals surface area contributed by atoms with E-state index in [1.165, 1.54) is 0 Å². The summed E-state index contributed by atoms with van der Waals surface area (Å²) in [6.45, 7) is 2.17. The lowest BCUT2D eigenvalue weighted by Crippen LogP contribution is -2.39. The molecule has 0 saturated carbocycles. The van der Waals surface area contributed by atoms with Crippen molar-refractivity contribution in [2.24, 2.45) is 17.4 Å². The zero-order valence-electron chi connectivity index (χ0n) is 12.7. The van der Waals surface area contributed by atoms with Crippen LogP contribution in [0.1, 0.15) is 31.4 Å². The Hall–Kier alpha value is -1.92. The lowest BCUT2D eigenvalue weighted by Gasteiger charge is -2.21. The second-order valence-corrected chi connectivity index (χ2v) is 5.70. The molecule has 1 aromatic rings. The number of hydrogen-bond donors (Lipinski definition) is 3. The van der Waals surface area contributed by atoms with Crippen molar-refractivity contribution in [1.29, 1.82) is 0 Å². The number of carbonyl (C=O) groups is 2. The van der Waals surface area contributed by atoms with Crippen molar-refractivity contribution in [3.8, 4) is 0 Å². The lowest BCUT2D eigenvalue weighted by atomic mass is 9.94. The van der Waals surface area contributed by atoms with Gasteiger partial charge in [-0.25, -0.2) is 0 Å². The van der Waals surface area contributed by atoms with E-state index in [1.807, 2.05) is 30.3 Å². The second kappa shape index (κ2) is 7.38. The van der Waals surface area contributed by atoms with E-state index in [9.17, 15) is 9.59 Å². The largest absolute Gasteiger partial charge is 0.367 e. The van der Waals surface area contributed by atoms with Crippen molar-refractivity contribution in [1.82, 2.24) is 5.32 Å². The molecule has 6 heteroatoms. The average Bonchev–Trinajstić information content (AvgIpc) is 3.01. The molecule has 1 aliphatic heterocycles. The van der Waals surface area contributed by atoms with Gasteiger partial charge in [0.1, 0.15) is 6.10 Å². The first kappa shape index (κ1) is 16.5. The van der Waals surface area contributed by atoms with Crippen LogP contribution in [0.25, 0.3) is 0 Å². The van der Waals surface area contributed by atoms with E-state index in [4.69, 9.17) is 16.2 Å². The Morgan fingerprint density at radius 2 is 2.00 bits per heavy atom. The maximum atomic E-state index is 12.2. The number of rotatable bonds is 6. The Balaban J connectivity index is 1.81. The Morgan fingerprint density at radius 3 is 2.59 bits per heavy atom. The van der Waals surface area contributed by atoms with Crippen LogP contribution in [0, 0.1) is 5.92 Å². The highest BCUT2D eigenvalue weighted by Gasteiger charge is 2.30. The minimum absolute atomic E-state index is 0.123. The fourth-order valence-electron chi connectivity index (χ4n) is 2.57. The van der Waals surface area contributed by atoms with E-state index >= 15 is 0 Å². The third kappa shape index (κ3) is 4.05. The van der Waals surface area contributed by atoms with Crippen LogP contribution in [-0.2, 0) is 14.3 Å². The molecule has 1 heterocycles. The van der Waals surface area contributed by atoms with Crippen molar-refractivity contribution in [2.75, 3.05) is 6.54 Å². The van der Waals surface area contributed by atoms with Crippen LogP contribution in [-0.4, -0.2) is 30.6 Å². The van der Waals surface area contributed by atoms with E-state index in [0.717, 1.165) is 5.56 Å². The van der Waals surface area contributed by atoms with Crippen LogP contribution in [0.4, 0.5) is 0 Å². The summed E-state index contributed by atoms with van der Waals surface area (Å²) >= 11 is 0. The number of benzene rings is 1. The fraction of sp³-hybridized carbons (Fsp3) is 0.500. The molecule has 1 aromatic carbocycles. The lowest BCUT2D eigenvalue weighted by molar-refractivity contribution is -0.129. The third-order valence-electron chi connectivity index (χ3n) is 4.07. The first-order chi connectivity index (χ1) is 10.5. The van der Waals surface area contributed by atoms with Gasteiger partial charge in [-0.3, -0.25) is 9.59 Å². The number of ether oxygens (including phenoxy) is 1. The molecule has 1 aliphatic rings. The molecule has 120 valence electrons. The molecule has 0 aliphatic carbocycles. The standard InChI is InChI=1S/C16H23N3O3/c1-10(14(17)11-5-3-2-4-6-11)16(21)19-9-12-7-8-13(22-12)15(18)20/h2-6,10,12-14H,7-9,17H2,1H3,(H2,18,20)(H,19,21). The third-order valence-corrected chi connectivity index (χ3v) is 4.07. The summed E-state index contributed by atoms with van der Waals surface area (Å²) in [5.41, 5.74) is 12.3. The van der Waals surface area contributed by atoms with Gasteiger partial charge in [-0.2, -0.15) is 0 Å². The minimum atomic E-state index is -0.536. The predicted molar refractivity (Wildman–Crippen MR) is 82.6 cm³/mol. The molecule has 4 atom stereocenters. The van der Waals surface area contributed by atoms with Crippen LogP contribution in [0.5, 0.6) is 0 Å². The number of carbonyl (C=O) groups excluding carboxylic acids is 2. The Morgan fingerprint density at radius 1 is 1.32 bits per heavy atom. The second-order valence-electron chi connectivity index (χ2n) is 5.70. The van der Waals surface area contributed by atoms with E-state index in [-0.39, 0.29) is 24.0 Å². The van der Waals surface area contributed by atoms with E-state index in [2.05, 4.69) is 5.32 Å². The zero-order valence-corrected chi connectivity index (χ0v) is 12.7. The monoisotopic (exact) mass is 305 g/mol. The fourth-order valence-corrected chi connectivity index (χ4v) is 2.57. The van der Waals surface area contributed by atoms with Crippen molar-refractivity contribution in [2.45, 2.75) is 38.0 Å². The summed E-state index contributed by atoms with van der Waals surface area (Å²) in [6.07, 6.45) is 0.620. The van der Waals surface area contributed by atoms with Gasteiger partial charge in [0, 0.05) is 12.6 Å². The van der Waals surface area contributed by atoms with Gasteiger partial charge in [0.15, 0.2) is 0 Å². The van der Waals surface area contributed by atoms with Crippen LogP contribution < -0.4 is 16.8 Å². The molecule has 1 fully saturated rings. The van der Waals surface area contributed by atoms with Crippen LogP contribution in [0.2, 0.25) is 0 Å². The molecule has 2 rings (SSSR count). The summed E-state index contributed by atoms with van der Waals surface area (Å²) in [6, 6.07) is 9.17.